The number of fused-ring (bicyclic) bond motifs is 1. The molecule has 0 spiro atoms. The van der Waals surface area contributed by atoms with Crippen molar-refractivity contribution in [2.24, 2.45) is 0 Å². The van der Waals surface area contributed by atoms with Crippen molar-refractivity contribution in [2.75, 3.05) is 20.3 Å². The quantitative estimate of drug-likeness (QED) is 0.463. The number of halogens is 4. The van der Waals surface area contributed by atoms with Gasteiger partial charge in [-0.15, -0.1) is 0 Å². The molecule has 3 rings (SSSR count). The summed E-state index contributed by atoms with van der Waals surface area (Å²) in [5.74, 6) is -2.07. The van der Waals surface area contributed by atoms with Gasteiger partial charge in [-0.2, -0.15) is 13.2 Å². The Bertz CT molecular complexity index is 1040. The van der Waals surface area contributed by atoms with Gasteiger partial charge in [-0.3, -0.25) is 4.79 Å². The zero-order valence-electron chi connectivity index (χ0n) is 18.8. The lowest BCUT2D eigenvalue weighted by Gasteiger charge is -2.28. The van der Waals surface area contributed by atoms with E-state index >= 15 is 0 Å². The summed E-state index contributed by atoms with van der Waals surface area (Å²) in [5, 5.41) is 10.9. The topological polar surface area (TPSA) is 65.0 Å². The molecule has 5 nitrogen and oxygen atoms in total. The number of alkyl halides is 3. The van der Waals surface area contributed by atoms with Gasteiger partial charge in [0.2, 0.25) is 0 Å². The lowest BCUT2D eigenvalue weighted by atomic mass is 9.85. The second-order valence-corrected chi connectivity index (χ2v) is 9.67. The Labute approximate surface area is 199 Å². The maximum absolute atomic E-state index is 14.2. The minimum absolute atomic E-state index is 0.0991. The summed E-state index contributed by atoms with van der Waals surface area (Å²) in [6.45, 7) is 5.40. The Morgan fingerprint density at radius 1 is 1.24 bits per heavy atom. The number of rotatable bonds is 5. The molecule has 0 fully saturated rings. The summed E-state index contributed by atoms with van der Waals surface area (Å²) in [5.41, 5.74) is -1.11. The molecule has 1 N–H and O–H groups in total. The summed E-state index contributed by atoms with van der Waals surface area (Å²) in [7, 11) is 1.11. The molecule has 0 aliphatic carbocycles. The fourth-order valence-corrected chi connectivity index (χ4v) is 4.23. The van der Waals surface area contributed by atoms with Crippen LogP contribution >= 0.6 is 15.9 Å². The predicted molar refractivity (Wildman–Crippen MR) is 121 cm³/mol. The van der Waals surface area contributed by atoms with Gasteiger partial charge in [0.15, 0.2) is 0 Å². The first kappa shape index (κ1) is 25.4. The Balaban J connectivity index is 2.32. The van der Waals surface area contributed by atoms with Gasteiger partial charge in [0.1, 0.15) is 17.4 Å². The highest BCUT2D eigenvalue weighted by Crippen LogP contribution is 2.49. The molecule has 2 aromatic carbocycles. The van der Waals surface area contributed by atoms with E-state index in [1.807, 2.05) is 0 Å². The van der Waals surface area contributed by atoms with Crippen LogP contribution in [0.1, 0.15) is 49.8 Å². The van der Waals surface area contributed by atoms with Gasteiger partial charge in [-0.1, -0.05) is 6.07 Å². The molecule has 1 aliphatic heterocycles. The van der Waals surface area contributed by atoms with Crippen LogP contribution in [0.2, 0.25) is 0 Å². The van der Waals surface area contributed by atoms with Gasteiger partial charge < -0.3 is 19.3 Å². The lowest BCUT2D eigenvalue weighted by Crippen LogP contribution is -2.29. The van der Waals surface area contributed by atoms with Gasteiger partial charge >= 0.3 is 12.1 Å². The van der Waals surface area contributed by atoms with Crippen LogP contribution in [0.5, 0.6) is 11.5 Å². The molecule has 0 bridgehead atoms. The second-order valence-electron chi connectivity index (χ2n) is 8.81. The first-order valence-electron chi connectivity index (χ1n) is 10.4. The van der Waals surface area contributed by atoms with E-state index in [9.17, 15) is 23.1 Å². The molecular weight excluding hydrogens is 505 g/mol. The normalized spacial score (nSPS) is 14.9. The number of esters is 1. The molecule has 1 atom stereocenters. The second kappa shape index (κ2) is 9.54. The van der Waals surface area contributed by atoms with Crippen LogP contribution in [0.15, 0.2) is 28.7 Å². The average molecular weight is 531 g/mol. The molecule has 180 valence electrons. The van der Waals surface area contributed by atoms with Crippen molar-refractivity contribution in [3.05, 3.63) is 45.4 Å². The zero-order valence-corrected chi connectivity index (χ0v) is 20.4. The van der Waals surface area contributed by atoms with E-state index in [0.29, 0.717) is 24.3 Å². The number of hydrogen-bond acceptors (Lipinski definition) is 5. The Hall–Kier alpha value is -2.26. The first-order chi connectivity index (χ1) is 15.3. The van der Waals surface area contributed by atoms with Crippen molar-refractivity contribution in [1.82, 2.24) is 0 Å². The van der Waals surface area contributed by atoms with Crippen molar-refractivity contribution in [1.29, 1.82) is 0 Å². The maximum atomic E-state index is 14.2. The van der Waals surface area contributed by atoms with Gasteiger partial charge in [0.25, 0.3) is 0 Å². The number of carbonyl (C=O) groups is 1. The highest BCUT2D eigenvalue weighted by atomic mass is 79.9. The minimum atomic E-state index is -4.80. The minimum Gasteiger partial charge on any atom is -0.506 e. The third-order valence-electron chi connectivity index (χ3n) is 5.31. The first-order valence-corrected chi connectivity index (χ1v) is 11.2. The van der Waals surface area contributed by atoms with E-state index in [2.05, 4.69) is 15.9 Å². The monoisotopic (exact) mass is 530 g/mol. The number of aromatic hydroxyl groups is 1. The number of aryl methyl sites for hydroxylation is 1. The molecule has 33 heavy (non-hydrogen) atoms. The van der Waals surface area contributed by atoms with Crippen LogP contribution in [0, 0.1) is 0 Å². The van der Waals surface area contributed by atoms with Crippen LogP contribution < -0.4 is 4.74 Å². The van der Waals surface area contributed by atoms with Crippen LogP contribution in [-0.4, -0.2) is 37.0 Å². The van der Waals surface area contributed by atoms with Crippen molar-refractivity contribution >= 4 is 21.9 Å². The Morgan fingerprint density at radius 2 is 1.94 bits per heavy atom. The van der Waals surface area contributed by atoms with Crippen LogP contribution in [0.25, 0.3) is 11.1 Å². The molecule has 1 aliphatic rings. The SMILES string of the molecule is COC(=O)C(COC(C)(C)C)c1c(C(F)(F)F)cc(Br)c(O)c1-c1ccc2c(c1)CCCO2. The predicted octanol–water partition coefficient (Wildman–Crippen LogP) is 6.24. The third-order valence-corrected chi connectivity index (χ3v) is 5.92. The van der Waals surface area contributed by atoms with E-state index in [-0.39, 0.29) is 16.6 Å². The number of carbonyl (C=O) groups excluding carboxylic acids is 1. The van der Waals surface area contributed by atoms with Crippen LogP contribution in [-0.2, 0) is 26.9 Å². The fourth-order valence-electron chi connectivity index (χ4n) is 3.80. The molecule has 0 aromatic heterocycles. The number of phenolic OH excluding ortho intramolecular Hbond substituents is 1. The molecule has 0 saturated heterocycles. The fraction of sp³-hybridized carbons (Fsp3) is 0.458. The summed E-state index contributed by atoms with van der Waals surface area (Å²) < 4.78 is 58.7. The van der Waals surface area contributed by atoms with Crippen molar-refractivity contribution in [3.8, 4) is 22.6 Å². The standard InChI is InChI=1S/C24H26BrF3O5/c1-23(2,3)33-12-15(22(30)31-4)20-16(24(26,27)28)11-17(25)21(29)19(20)14-7-8-18-13(10-14)6-5-9-32-18/h7-8,10-11,15,29H,5-6,9,12H2,1-4H3. The highest BCUT2D eigenvalue weighted by Gasteiger charge is 2.41. The van der Waals surface area contributed by atoms with Crippen LogP contribution in [0.3, 0.4) is 0 Å². The summed E-state index contributed by atoms with van der Waals surface area (Å²) in [6.07, 6.45) is -3.34. The molecular formula is C24H26BrF3O5. The van der Waals surface area contributed by atoms with Crippen LogP contribution in [0.4, 0.5) is 13.2 Å². The van der Waals surface area contributed by atoms with E-state index in [1.165, 1.54) is 0 Å². The molecule has 1 heterocycles. The number of methoxy groups -OCH3 is 1. The van der Waals surface area contributed by atoms with Crippen molar-refractivity contribution in [2.45, 2.75) is 51.3 Å². The number of phenols is 1. The number of benzene rings is 2. The van der Waals surface area contributed by atoms with Crippen molar-refractivity contribution in [3.63, 3.8) is 0 Å². The molecule has 9 heteroatoms. The molecule has 0 amide bonds. The van der Waals surface area contributed by atoms with E-state index in [0.717, 1.165) is 25.2 Å². The number of hydrogen-bond donors (Lipinski definition) is 1. The molecule has 1 unspecified atom stereocenters. The maximum Gasteiger partial charge on any atom is 0.416 e. The highest BCUT2D eigenvalue weighted by molar-refractivity contribution is 9.10. The zero-order chi connectivity index (χ0) is 24.6. The molecule has 2 aromatic rings. The van der Waals surface area contributed by atoms with Gasteiger partial charge in [-0.25, -0.2) is 0 Å². The van der Waals surface area contributed by atoms with Gasteiger partial charge in [0, 0.05) is 5.56 Å². The van der Waals surface area contributed by atoms with Gasteiger partial charge in [0.05, 0.1) is 36.0 Å². The molecule has 0 saturated carbocycles. The summed E-state index contributed by atoms with van der Waals surface area (Å²) in [6, 6.07) is 5.72. The largest absolute Gasteiger partial charge is 0.506 e. The summed E-state index contributed by atoms with van der Waals surface area (Å²) >= 11 is 3.05. The van der Waals surface area contributed by atoms with Crippen molar-refractivity contribution < 1.29 is 37.3 Å². The average Bonchev–Trinajstić information content (AvgIpc) is 2.74. The van der Waals surface area contributed by atoms with E-state index in [1.54, 1.807) is 39.0 Å². The Morgan fingerprint density at radius 3 is 2.55 bits per heavy atom. The van der Waals surface area contributed by atoms with E-state index < -0.39 is 40.5 Å². The number of ether oxygens (including phenoxy) is 3. The lowest BCUT2D eigenvalue weighted by molar-refractivity contribution is -0.147. The van der Waals surface area contributed by atoms with Gasteiger partial charge in [-0.05, 0) is 84.4 Å². The molecule has 0 radical (unpaired) electrons. The smallest absolute Gasteiger partial charge is 0.416 e. The third kappa shape index (κ3) is 5.63. The summed E-state index contributed by atoms with van der Waals surface area (Å²) in [4.78, 5) is 12.7. The van der Waals surface area contributed by atoms with E-state index in [4.69, 9.17) is 14.2 Å². The Kier molecular flexibility index (Phi) is 7.33.